The fourth-order valence-corrected chi connectivity index (χ4v) is 2.22. The smallest absolute Gasteiger partial charge is 0.398 e. The van der Waals surface area contributed by atoms with Gasteiger partial charge in [0, 0.05) is 10.6 Å². The minimum atomic E-state index is -4.49. The SMILES string of the molecule is CCSc1cc(C(F)(F)F)cc(N)c1C(N)=O. The minimum absolute atomic E-state index is 0.0511. The lowest BCUT2D eigenvalue weighted by Gasteiger charge is -2.13. The predicted molar refractivity (Wildman–Crippen MR) is 60.8 cm³/mol. The van der Waals surface area contributed by atoms with Crippen LogP contribution in [0.5, 0.6) is 0 Å². The Balaban J connectivity index is 3.41. The van der Waals surface area contributed by atoms with Crippen molar-refractivity contribution in [3.05, 3.63) is 23.3 Å². The molecule has 0 atom stereocenters. The lowest BCUT2D eigenvalue weighted by Crippen LogP contribution is -2.17. The second-order valence-corrected chi connectivity index (χ2v) is 4.54. The first kappa shape index (κ1) is 13.7. The summed E-state index contributed by atoms with van der Waals surface area (Å²) in [6, 6.07) is 1.62. The molecule has 0 bridgehead atoms. The molecule has 1 aromatic carbocycles. The van der Waals surface area contributed by atoms with Gasteiger partial charge in [0.2, 0.25) is 0 Å². The number of amides is 1. The zero-order valence-electron chi connectivity index (χ0n) is 8.97. The largest absolute Gasteiger partial charge is 0.416 e. The van der Waals surface area contributed by atoms with E-state index in [0.717, 1.165) is 23.9 Å². The number of carbonyl (C=O) groups is 1. The minimum Gasteiger partial charge on any atom is -0.398 e. The molecule has 1 aromatic rings. The second kappa shape index (κ2) is 4.87. The molecular weight excluding hydrogens is 253 g/mol. The third-order valence-electron chi connectivity index (χ3n) is 2.01. The van der Waals surface area contributed by atoms with Crippen LogP contribution < -0.4 is 11.5 Å². The molecule has 7 heteroatoms. The highest BCUT2D eigenvalue weighted by molar-refractivity contribution is 7.99. The summed E-state index contributed by atoms with van der Waals surface area (Å²) in [5.74, 6) is -0.312. The molecule has 0 aliphatic rings. The number of nitrogens with two attached hydrogens (primary N) is 2. The van der Waals surface area contributed by atoms with E-state index in [4.69, 9.17) is 11.5 Å². The van der Waals surface area contributed by atoms with Gasteiger partial charge in [0.05, 0.1) is 11.1 Å². The molecule has 0 saturated heterocycles. The highest BCUT2D eigenvalue weighted by Crippen LogP contribution is 2.36. The number of alkyl halides is 3. The van der Waals surface area contributed by atoms with E-state index in [0.29, 0.717) is 5.75 Å². The van der Waals surface area contributed by atoms with E-state index in [2.05, 4.69) is 0 Å². The van der Waals surface area contributed by atoms with Crippen LogP contribution in [0.25, 0.3) is 0 Å². The average molecular weight is 264 g/mol. The molecule has 0 unspecified atom stereocenters. The first-order valence-corrected chi connectivity index (χ1v) is 5.69. The molecule has 94 valence electrons. The highest BCUT2D eigenvalue weighted by Gasteiger charge is 2.32. The first-order valence-electron chi connectivity index (χ1n) is 4.70. The summed E-state index contributed by atoms with van der Waals surface area (Å²) in [6.07, 6.45) is -4.49. The molecule has 0 spiro atoms. The van der Waals surface area contributed by atoms with Gasteiger partial charge in [-0.2, -0.15) is 13.2 Å². The van der Waals surface area contributed by atoms with Gasteiger partial charge in [-0.05, 0) is 17.9 Å². The number of thioether (sulfide) groups is 1. The van der Waals surface area contributed by atoms with Crippen LogP contribution in [0.4, 0.5) is 18.9 Å². The van der Waals surface area contributed by atoms with Gasteiger partial charge in [0.1, 0.15) is 0 Å². The van der Waals surface area contributed by atoms with Crippen LogP contribution >= 0.6 is 11.8 Å². The predicted octanol–water partition coefficient (Wildman–Crippen LogP) is 2.50. The zero-order chi connectivity index (χ0) is 13.2. The van der Waals surface area contributed by atoms with Gasteiger partial charge in [0.25, 0.3) is 5.91 Å². The number of nitrogen functional groups attached to an aromatic ring is 1. The topological polar surface area (TPSA) is 69.1 Å². The summed E-state index contributed by atoms with van der Waals surface area (Å²) < 4.78 is 37.6. The normalized spacial score (nSPS) is 11.5. The van der Waals surface area contributed by atoms with Gasteiger partial charge in [-0.1, -0.05) is 6.92 Å². The van der Waals surface area contributed by atoms with Crippen LogP contribution in [-0.4, -0.2) is 11.7 Å². The molecule has 0 heterocycles. The van der Waals surface area contributed by atoms with Crippen LogP contribution in [0.3, 0.4) is 0 Å². The van der Waals surface area contributed by atoms with E-state index in [9.17, 15) is 18.0 Å². The summed E-state index contributed by atoms with van der Waals surface area (Å²) in [6.45, 7) is 1.76. The van der Waals surface area contributed by atoms with E-state index in [1.165, 1.54) is 0 Å². The second-order valence-electron chi connectivity index (χ2n) is 3.23. The van der Waals surface area contributed by atoms with E-state index < -0.39 is 17.6 Å². The lowest BCUT2D eigenvalue weighted by molar-refractivity contribution is -0.137. The lowest BCUT2D eigenvalue weighted by atomic mass is 10.1. The zero-order valence-corrected chi connectivity index (χ0v) is 9.78. The van der Waals surface area contributed by atoms with E-state index >= 15 is 0 Å². The first-order chi connectivity index (χ1) is 7.77. The van der Waals surface area contributed by atoms with Crippen LogP contribution in [0.2, 0.25) is 0 Å². The Labute approximate surface area is 100 Å². The Morgan fingerprint density at radius 1 is 1.41 bits per heavy atom. The molecule has 0 aliphatic carbocycles. The summed E-state index contributed by atoms with van der Waals surface area (Å²) in [5, 5.41) is 0. The third kappa shape index (κ3) is 3.06. The Kier molecular flexibility index (Phi) is 3.92. The molecule has 4 N–H and O–H groups in total. The Morgan fingerprint density at radius 2 is 2.00 bits per heavy atom. The third-order valence-corrected chi connectivity index (χ3v) is 2.93. The Bertz CT molecular complexity index is 446. The number of carbonyl (C=O) groups excluding carboxylic acids is 1. The van der Waals surface area contributed by atoms with Crippen LogP contribution in [0, 0.1) is 0 Å². The van der Waals surface area contributed by atoms with Gasteiger partial charge in [-0.15, -0.1) is 11.8 Å². The van der Waals surface area contributed by atoms with Crippen molar-refractivity contribution in [1.29, 1.82) is 0 Å². The van der Waals surface area contributed by atoms with Crippen molar-refractivity contribution in [3.8, 4) is 0 Å². The Morgan fingerprint density at radius 3 is 2.41 bits per heavy atom. The molecule has 1 amide bonds. The Hall–Kier alpha value is -1.37. The van der Waals surface area contributed by atoms with Crippen molar-refractivity contribution < 1.29 is 18.0 Å². The van der Waals surface area contributed by atoms with Gasteiger partial charge >= 0.3 is 6.18 Å². The summed E-state index contributed by atoms with van der Waals surface area (Å²) in [5.41, 5.74) is 9.35. The fourth-order valence-electron chi connectivity index (χ4n) is 1.33. The summed E-state index contributed by atoms with van der Waals surface area (Å²) >= 11 is 1.09. The standard InChI is InChI=1S/C10H11F3N2OS/c1-2-17-7-4-5(10(11,12)13)3-6(14)8(7)9(15)16/h3-4H,2,14H2,1H3,(H2,15,16). The van der Waals surface area contributed by atoms with Crippen LogP contribution in [-0.2, 0) is 6.18 Å². The van der Waals surface area contributed by atoms with E-state index in [1.807, 2.05) is 0 Å². The van der Waals surface area contributed by atoms with Gasteiger partial charge < -0.3 is 11.5 Å². The molecule has 0 saturated carbocycles. The maximum atomic E-state index is 12.5. The summed E-state index contributed by atoms with van der Waals surface area (Å²) in [7, 11) is 0. The van der Waals surface area contributed by atoms with Gasteiger partial charge in [-0.3, -0.25) is 4.79 Å². The number of rotatable bonds is 3. The van der Waals surface area contributed by atoms with Crippen molar-refractivity contribution in [1.82, 2.24) is 0 Å². The van der Waals surface area contributed by atoms with E-state index in [1.54, 1.807) is 6.92 Å². The molecule has 0 aliphatic heterocycles. The van der Waals surface area contributed by atoms with Gasteiger partial charge in [-0.25, -0.2) is 0 Å². The molecule has 0 radical (unpaired) electrons. The van der Waals surface area contributed by atoms with Crippen molar-refractivity contribution in [3.63, 3.8) is 0 Å². The highest BCUT2D eigenvalue weighted by atomic mass is 32.2. The number of halogens is 3. The monoisotopic (exact) mass is 264 g/mol. The van der Waals surface area contributed by atoms with Crippen LogP contribution in [0.1, 0.15) is 22.8 Å². The van der Waals surface area contributed by atoms with Crippen molar-refractivity contribution in [2.45, 2.75) is 18.0 Å². The molecular formula is C10H11F3N2OS. The quantitative estimate of drug-likeness (QED) is 0.651. The maximum absolute atomic E-state index is 12.5. The molecule has 3 nitrogen and oxygen atoms in total. The summed E-state index contributed by atoms with van der Waals surface area (Å²) in [4.78, 5) is 11.3. The number of hydrogen-bond acceptors (Lipinski definition) is 3. The molecule has 0 aromatic heterocycles. The number of benzene rings is 1. The number of anilines is 1. The van der Waals surface area contributed by atoms with Gasteiger partial charge in [0.15, 0.2) is 0 Å². The van der Waals surface area contributed by atoms with Crippen molar-refractivity contribution >= 4 is 23.4 Å². The molecule has 17 heavy (non-hydrogen) atoms. The van der Waals surface area contributed by atoms with E-state index in [-0.39, 0.29) is 16.1 Å². The number of hydrogen-bond donors (Lipinski definition) is 2. The fraction of sp³-hybridized carbons (Fsp3) is 0.300. The molecule has 0 fully saturated rings. The average Bonchev–Trinajstić information content (AvgIpc) is 2.15. The maximum Gasteiger partial charge on any atom is 0.416 e. The van der Waals surface area contributed by atoms with Crippen LogP contribution in [0.15, 0.2) is 17.0 Å². The van der Waals surface area contributed by atoms with Crippen molar-refractivity contribution in [2.75, 3.05) is 11.5 Å². The molecule has 1 rings (SSSR count). The van der Waals surface area contributed by atoms with Crippen molar-refractivity contribution in [2.24, 2.45) is 5.73 Å². The number of primary amides is 1.